The fourth-order valence-corrected chi connectivity index (χ4v) is 6.83. The Balaban J connectivity index is 1.76. The Bertz CT molecular complexity index is 882. The van der Waals surface area contributed by atoms with E-state index in [1.165, 1.54) is 84.7 Å². The summed E-state index contributed by atoms with van der Waals surface area (Å²) in [6, 6.07) is 9.44. The third kappa shape index (κ3) is 5.10. The van der Waals surface area contributed by atoms with Crippen molar-refractivity contribution in [3.63, 3.8) is 0 Å². The van der Waals surface area contributed by atoms with Gasteiger partial charge in [-0.2, -0.15) is 0 Å². The molecule has 0 aliphatic heterocycles. The summed E-state index contributed by atoms with van der Waals surface area (Å²) in [4.78, 5) is 0. The molecule has 4 atom stereocenters. The molecule has 180 valence electrons. The van der Waals surface area contributed by atoms with Crippen molar-refractivity contribution in [3.8, 4) is 11.5 Å². The number of hydrogen-bond donors (Lipinski definition) is 0. The van der Waals surface area contributed by atoms with Crippen LogP contribution in [-0.4, -0.2) is 14.2 Å². The molecule has 0 heterocycles. The van der Waals surface area contributed by atoms with Crippen molar-refractivity contribution in [1.82, 2.24) is 0 Å². The highest BCUT2D eigenvalue weighted by molar-refractivity contribution is 5.53. The third-order valence-corrected chi connectivity index (χ3v) is 8.49. The molecule has 2 aromatic carbocycles. The van der Waals surface area contributed by atoms with Crippen molar-refractivity contribution in [2.24, 2.45) is 11.8 Å². The van der Waals surface area contributed by atoms with Gasteiger partial charge in [-0.1, -0.05) is 87.8 Å². The van der Waals surface area contributed by atoms with Gasteiger partial charge >= 0.3 is 0 Å². The van der Waals surface area contributed by atoms with Crippen LogP contribution in [0, 0.1) is 25.7 Å². The van der Waals surface area contributed by atoms with Crippen LogP contribution in [0.3, 0.4) is 0 Å². The number of rotatable bonds is 6. The lowest BCUT2D eigenvalue weighted by atomic mass is 9.74. The maximum Gasteiger partial charge on any atom is 0.125 e. The molecule has 0 saturated heterocycles. The molecular formula is C31H44O2. The van der Waals surface area contributed by atoms with Crippen LogP contribution < -0.4 is 9.47 Å². The zero-order valence-corrected chi connectivity index (χ0v) is 21.8. The highest BCUT2D eigenvalue weighted by atomic mass is 16.5. The summed E-state index contributed by atoms with van der Waals surface area (Å²) in [7, 11) is 3.71. The number of ether oxygens (including phenoxy) is 2. The minimum absolute atomic E-state index is 0.602. The molecule has 33 heavy (non-hydrogen) atoms. The predicted octanol–water partition coefficient (Wildman–Crippen LogP) is 8.50. The Morgan fingerprint density at radius 2 is 1.03 bits per heavy atom. The Morgan fingerprint density at radius 1 is 0.636 bits per heavy atom. The lowest BCUT2D eigenvalue weighted by Gasteiger charge is -2.32. The highest BCUT2D eigenvalue weighted by Crippen LogP contribution is 2.46. The van der Waals surface area contributed by atoms with Crippen molar-refractivity contribution in [3.05, 3.63) is 57.6 Å². The van der Waals surface area contributed by atoms with Crippen molar-refractivity contribution >= 4 is 0 Å². The Kier molecular flexibility index (Phi) is 7.72. The van der Waals surface area contributed by atoms with Crippen LogP contribution in [0.4, 0.5) is 0 Å². The molecule has 2 aromatic rings. The molecule has 0 spiro atoms. The smallest absolute Gasteiger partial charge is 0.125 e. The first-order valence-corrected chi connectivity index (χ1v) is 13.3. The van der Waals surface area contributed by atoms with Gasteiger partial charge in [-0.15, -0.1) is 0 Å². The van der Waals surface area contributed by atoms with Gasteiger partial charge in [0.2, 0.25) is 0 Å². The van der Waals surface area contributed by atoms with Crippen LogP contribution in [-0.2, 0) is 6.42 Å². The van der Waals surface area contributed by atoms with E-state index in [2.05, 4.69) is 52.0 Å². The average molecular weight is 449 g/mol. The van der Waals surface area contributed by atoms with Crippen LogP contribution in [0.1, 0.15) is 110 Å². The van der Waals surface area contributed by atoms with Crippen molar-refractivity contribution < 1.29 is 9.47 Å². The maximum absolute atomic E-state index is 6.13. The van der Waals surface area contributed by atoms with E-state index >= 15 is 0 Å². The molecule has 2 saturated carbocycles. The quantitative estimate of drug-likeness (QED) is 0.441. The summed E-state index contributed by atoms with van der Waals surface area (Å²) in [6.45, 7) is 9.32. The van der Waals surface area contributed by atoms with Crippen molar-refractivity contribution in [1.29, 1.82) is 0 Å². The van der Waals surface area contributed by atoms with Gasteiger partial charge in [0.15, 0.2) is 0 Å². The Hall–Kier alpha value is -1.96. The van der Waals surface area contributed by atoms with Crippen LogP contribution in [0.15, 0.2) is 24.3 Å². The number of benzene rings is 2. The minimum Gasteiger partial charge on any atom is -0.496 e. The van der Waals surface area contributed by atoms with Gasteiger partial charge in [0.1, 0.15) is 11.5 Å². The third-order valence-electron chi connectivity index (χ3n) is 8.49. The summed E-state index contributed by atoms with van der Waals surface area (Å²) in [6.07, 6.45) is 11.4. The molecule has 2 fully saturated rings. The Morgan fingerprint density at radius 3 is 1.39 bits per heavy atom. The summed E-state index contributed by atoms with van der Waals surface area (Å²) in [5.74, 6) is 4.85. The molecular weight excluding hydrogens is 404 g/mol. The number of aryl methyl sites for hydroxylation is 2. The summed E-state index contributed by atoms with van der Waals surface area (Å²) in [5, 5.41) is 0. The minimum atomic E-state index is 0.602. The van der Waals surface area contributed by atoms with E-state index in [1.807, 2.05) is 14.2 Å². The van der Waals surface area contributed by atoms with Gasteiger partial charge in [-0.3, -0.25) is 0 Å². The molecule has 0 bridgehead atoms. The van der Waals surface area contributed by atoms with Gasteiger partial charge in [-0.05, 0) is 72.6 Å². The predicted molar refractivity (Wildman–Crippen MR) is 139 cm³/mol. The van der Waals surface area contributed by atoms with Gasteiger partial charge in [0.05, 0.1) is 14.2 Å². The topological polar surface area (TPSA) is 18.5 Å². The average Bonchev–Trinajstić information content (AvgIpc) is 2.79. The van der Waals surface area contributed by atoms with E-state index in [9.17, 15) is 0 Å². The first-order valence-electron chi connectivity index (χ1n) is 13.3. The molecule has 4 unspecified atom stereocenters. The molecule has 2 nitrogen and oxygen atoms in total. The van der Waals surface area contributed by atoms with Crippen molar-refractivity contribution in [2.75, 3.05) is 14.2 Å². The zero-order chi connectivity index (χ0) is 23.5. The normalized spacial score (nSPS) is 25.6. The zero-order valence-electron chi connectivity index (χ0n) is 21.8. The van der Waals surface area contributed by atoms with E-state index in [-0.39, 0.29) is 0 Å². The monoisotopic (exact) mass is 448 g/mol. The van der Waals surface area contributed by atoms with E-state index in [4.69, 9.17) is 9.47 Å². The Labute approximate surface area is 202 Å². The molecule has 0 amide bonds. The van der Waals surface area contributed by atoms with Crippen LogP contribution in [0.25, 0.3) is 0 Å². The molecule has 2 heteroatoms. The molecule has 2 aliphatic rings. The van der Waals surface area contributed by atoms with Gasteiger partial charge in [0.25, 0.3) is 0 Å². The van der Waals surface area contributed by atoms with E-state index in [0.717, 1.165) is 29.8 Å². The molecule has 0 aromatic heterocycles. The van der Waals surface area contributed by atoms with Gasteiger partial charge < -0.3 is 9.47 Å². The maximum atomic E-state index is 6.13. The van der Waals surface area contributed by atoms with E-state index in [0.29, 0.717) is 11.8 Å². The number of methoxy groups -OCH3 is 2. The fourth-order valence-electron chi connectivity index (χ4n) is 6.83. The largest absolute Gasteiger partial charge is 0.496 e. The second-order valence-electron chi connectivity index (χ2n) is 11.0. The van der Waals surface area contributed by atoms with Crippen LogP contribution in [0.5, 0.6) is 11.5 Å². The van der Waals surface area contributed by atoms with Crippen molar-refractivity contribution in [2.45, 2.75) is 97.3 Å². The molecule has 2 aliphatic carbocycles. The van der Waals surface area contributed by atoms with Gasteiger partial charge in [0, 0.05) is 6.42 Å². The summed E-state index contributed by atoms with van der Waals surface area (Å²) < 4.78 is 12.3. The second-order valence-corrected chi connectivity index (χ2v) is 11.0. The first kappa shape index (κ1) is 24.2. The summed E-state index contributed by atoms with van der Waals surface area (Å²) in [5.41, 5.74) is 8.13. The number of hydrogen-bond acceptors (Lipinski definition) is 2. The van der Waals surface area contributed by atoms with E-state index < -0.39 is 0 Å². The lowest BCUT2D eigenvalue weighted by Crippen LogP contribution is -2.17. The lowest BCUT2D eigenvalue weighted by molar-refractivity contribution is 0.316. The molecule has 0 radical (unpaired) electrons. The van der Waals surface area contributed by atoms with Crippen LogP contribution in [0.2, 0.25) is 0 Å². The molecule has 4 rings (SSSR count). The van der Waals surface area contributed by atoms with Gasteiger partial charge in [-0.25, -0.2) is 0 Å². The SMILES string of the molecule is COc1c(Cc2cc(C)cc(C3CCCCC3C)c2OC)cc(C)cc1C1CCCCC1C. The highest BCUT2D eigenvalue weighted by Gasteiger charge is 2.29. The molecule has 0 N–H and O–H groups in total. The van der Waals surface area contributed by atoms with E-state index in [1.54, 1.807) is 0 Å². The van der Waals surface area contributed by atoms with Crippen LogP contribution >= 0.6 is 0 Å². The standard InChI is InChI=1S/C31H44O2/c1-20-15-24(30(32-5)28(17-20)26-13-9-7-11-22(26)3)19-25-16-21(2)18-29(31(25)33-6)27-14-10-8-12-23(27)4/h15-18,22-23,26-27H,7-14,19H2,1-6H3. The summed E-state index contributed by atoms with van der Waals surface area (Å²) >= 11 is 0. The first-order chi connectivity index (χ1) is 15.9. The fraction of sp³-hybridized carbons (Fsp3) is 0.613. The second kappa shape index (κ2) is 10.5.